The minimum atomic E-state index is -0.443. The first-order chi connectivity index (χ1) is 15.9. The van der Waals surface area contributed by atoms with Crippen molar-refractivity contribution in [2.45, 2.75) is 69.4 Å². The number of carbonyl (C=O) groups is 1. The van der Waals surface area contributed by atoms with Crippen LogP contribution < -0.4 is 21.5 Å². The van der Waals surface area contributed by atoms with E-state index in [-0.39, 0.29) is 42.1 Å². The number of carbonyl (C=O) groups excluding carboxylic acids is 1. The van der Waals surface area contributed by atoms with E-state index in [1.165, 1.54) is 0 Å². The highest BCUT2D eigenvalue weighted by molar-refractivity contribution is 5.91. The molecule has 3 unspecified atom stereocenters. The fourth-order valence-electron chi connectivity index (χ4n) is 5.53. The predicted molar refractivity (Wildman–Crippen MR) is 126 cm³/mol. The molecule has 178 valence electrons. The number of likely N-dealkylation sites (N-methyl/N-ethyl adjacent to an activating group) is 1. The SMILES string of the molecule is CC1CC(Nc2nc(NC3C[C@H]4CC[C@@H](C3)N4C(=O)CN(C)C)c3cccnc3c2F)NN1. The van der Waals surface area contributed by atoms with Crippen LogP contribution in [0.4, 0.5) is 16.0 Å². The number of pyridine rings is 2. The van der Waals surface area contributed by atoms with Gasteiger partial charge in [0.05, 0.1) is 12.7 Å². The first-order valence-corrected chi connectivity index (χ1v) is 11.8. The van der Waals surface area contributed by atoms with Crippen LogP contribution in [0.15, 0.2) is 18.3 Å². The minimum Gasteiger partial charge on any atom is -0.367 e. The molecule has 5 heterocycles. The van der Waals surface area contributed by atoms with Crippen molar-refractivity contribution in [1.29, 1.82) is 0 Å². The standard InChI is InChI=1S/C23H33FN8O/c1-13-9-18(30-29-13)27-23-20(24)21-17(5-4-8-25-21)22(28-23)26-14-10-15-6-7-16(11-14)32(15)19(33)12-31(2)3/h4-5,8,13-16,18,29-30H,6-7,9-12H2,1-3H3,(H2,26,27,28)/t13?,14?,15-,16+,18?. The summed E-state index contributed by atoms with van der Waals surface area (Å²) < 4.78 is 15.2. The van der Waals surface area contributed by atoms with Gasteiger partial charge < -0.3 is 20.4 Å². The molecule has 2 aromatic rings. The van der Waals surface area contributed by atoms with Crippen LogP contribution in [0.5, 0.6) is 0 Å². The zero-order valence-electron chi connectivity index (χ0n) is 19.4. The number of anilines is 2. The van der Waals surface area contributed by atoms with Gasteiger partial charge in [-0.05, 0) is 65.3 Å². The van der Waals surface area contributed by atoms with Gasteiger partial charge >= 0.3 is 0 Å². The maximum absolute atomic E-state index is 15.2. The zero-order valence-corrected chi connectivity index (χ0v) is 19.4. The maximum Gasteiger partial charge on any atom is 0.237 e. The third kappa shape index (κ3) is 4.47. The number of nitrogens with zero attached hydrogens (tertiary/aromatic N) is 4. The molecule has 3 aliphatic heterocycles. The number of halogens is 1. The van der Waals surface area contributed by atoms with E-state index in [9.17, 15) is 4.79 Å². The Labute approximate surface area is 193 Å². The summed E-state index contributed by atoms with van der Waals surface area (Å²) in [7, 11) is 3.85. The van der Waals surface area contributed by atoms with Crippen LogP contribution in [0.1, 0.15) is 39.0 Å². The summed E-state index contributed by atoms with van der Waals surface area (Å²) in [5, 5.41) is 7.44. The predicted octanol–water partition coefficient (Wildman–Crippen LogP) is 1.89. The van der Waals surface area contributed by atoms with Crippen molar-refractivity contribution < 1.29 is 9.18 Å². The van der Waals surface area contributed by atoms with Crippen molar-refractivity contribution in [3.63, 3.8) is 0 Å². The molecule has 5 atom stereocenters. The van der Waals surface area contributed by atoms with Crippen LogP contribution in [0.3, 0.4) is 0 Å². The summed E-state index contributed by atoms with van der Waals surface area (Å²) in [6, 6.07) is 4.60. The Morgan fingerprint density at radius 1 is 1.18 bits per heavy atom. The van der Waals surface area contributed by atoms with Crippen molar-refractivity contribution >= 4 is 28.4 Å². The molecule has 0 aliphatic carbocycles. The number of hydrogen-bond donors (Lipinski definition) is 4. The molecule has 0 radical (unpaired) electrons. The van der Waals surface area contributed by atoms with E-state index in [4.69, 9.17) is 0 Å². The molecule has 33 heavy (non-hydrogen) atoms. The van der Waals surface area contributed by atoms with Gasteiger partial charge in [-0.25, -0.2) is 14.8 Å². The Kier molecular flexibility index (Phi) is 6.07. The lowest BCUT2D eigenvalue weighted by Gasteiger charge is -2.40. The van der Waals surface area contributed by atoms with Crippen LogP contribution in [0.2, 0.25) is 0 Å². The normalized spacial score (nSPS) is 29.1. The Morgan fingerprint density at radius 2 is 1.94 bits per heavy atom. The Balaban J connectivity index is 1.37. The summed E-state index contributed by atoms with van der Waals surface area (Å²) in [6.45, 7) is 2.51. The molecule has 0 saturated carbocycles. The quantitative estimate of drug-likeness (QED) is 0.523. The van der Waals surface area contributed by atoms with E-state index in [1.807, 2.05) is 25.1 Å². The van der Waals surface area contributed by atoms with Crippen LogP contribution in [0.25, 0.3) is 10.9 Å². The minimum absolute atomic E-state index is 0.113. The molecule has 9 nitrogen and oxygen atoms in total. The number of fused-ring (bicyclic) bond motifs is 3. The molecule has 0 aromatic carbocycles. The first-order valence-electron chi connectivity index (χ1n) is 11.8. The van der Waals surface area contributed by atoms with E-state index < -0.39 is 5.82 Å². The van der Waals surface area contributed by atoms with Crippen LogP contribution in [0, 0.1) is 5.82 Å². The second-order valence-corrected chi connectivity index (χ2v) is 9.88. The summed E-state index contributed by atoms with van der Waals surface area (Å²) in [5.41, 5.74) is 6.57. The molecular weight excluding hydrogens is 423 g/mol. The molecular formula is C23H33FN8O. The van der Waals surface area contributed by atoms with Crippen LogP contribution in [-0.2, 0) is 4.79 Å². The Hall–Kier alpha value is -2.56. The van der Waals surface area contributed by atoms with Crippen molar-refractivity contribution in [2.75, 3.05) is 31.3 Å². The lowest BCUT2D eigenvalue weighted by Crippen LogP contribution is -2.51. The summed E-state index contributed by atoms with van der Waals surface area (Å²) in [6.07, 6.45) is 6.10. The molecule has 2 aromatic heterocycles. The van der Waals surface area contributed by atoms with Crippen LogP contribution >= 0.6 is 0 Å². The smallest absolute Gasteiger partial charge is 0.237 e. The third-order valence-electron chi connectivity index (χ3n) is 6.92. The van der Waals surface area contributed by atoms with E-state index in [2.05, 4.69) is 43.3 Å². The fraction of sp³-hybridized carbons (Fsp3) is 0.609. The van der Waals surface area contributed by atoms with Gasteiger partial charge in [0.2, 0.25) is 5.91 Å². The first kappa shape index (κ1) is 22.2. The molecule has 5 rings (SSSR count). The molecule has 0 spiro atoms. The molecule has 2 bridgehead atoms. The highest BCUT2D eigenvalue weighted by atomic mass is 19.1. The molecule has 10 heteroatoms. The van der Waals surface area contributed by atoms with Gasteiger partial charge in [0.15, 0.2) is 11.6 Å². The van der Waals surface area contributed by atoms with E-state index in [0.717, 1.165) is 32.1 Å². The molecule has 1 amide bonds. The number of rotatable bonds is 6. The lowest BCUT2D eigenvalue weighted by atomic mass is 9.97. The van der Waals surface area contributed by atoms with E-state index >= 15 is 4.39 Å². The topological polar surface area (TPSA) is 97.5 Å². The number of hydrogen-bond acceptors (Lipinski definition) is 8. The zero-order chi connectivity index (χ0) is 23.1. The largest absolute Gasteiger partial charge is 0.367 e. The Bertz CT molecular complexity index is 1020. The third-order valence-corrected chi connectivity index (χ3v) is 6.92. The number of piperidine rings is 1. The summed E-state index contributed by atoms with van der Waals surface area (Å²) in [5.74, 6) is 0.595. The summed E-state index contributed by atoms with van der Waals surface area (Å²) in [4.78, 5) is 25.7. The van der Waals surface area contributed by atoms with Gasteiger partial charge in [-0.3, -0.25) is 15.2 Å². The highest BCUT2D eigenvalue weighted by Gasteiger charge is 2.43. The number of aromatic nitrogens is 2. The van der Waals surface area contributed by atoms with Crippen molar-refractivity contribution in [2.24, 2.45) is 0 Å². The van der Waals surface area contributed by atoms with Gasteiger partial charge in [0, 0.05) is 35.8 Å². The second-order valence-electron chi connectivity index (χ2n) is 9.88. The number of nitrogens with one attached hydrogen (secondary N) is 4. The summed E-state index contributed by atoms with van der Waals surface area (Å²) >= 11 is 0. The van der Waals surface area contributed by atoms with Crippen molar-refractivity contribution in [1.82, 2.24) is 30.6 Å². The van der Waals surface area contributed by atoms with E-state index in [0.29, 0.717) is 23.3 Å². The monoisotopic (exact) mass is 456 g/mol. The molecule has 4 N–H and O–H groups in total. The van der Waals surface area contributed by atoms with E-state index in [1.54, 1.807) is 12.3 Å². The number of amides is 1. The fourth-order valence-corrected chi connectivity index (χ4v) is 5.53. The van der Waals surface area contributed by atoms with Gasteiger partial charge in [0.25, 0.3) is 0 Å². The molecule has 3 fully saturated rings. The average molecular weight is 457 g/mol. The highest BCUT2D eigenvalue weighted by Crippen LogP contribution is 2.38. The molecule has 3 aliphatic rings. The molecule has 3 saturated heterocycles. The van der Waals surface area contributed by atoms with Gasteiger partial charge in [-0.1, -0.05) is 0 Å². The maximum atomic E-state index is 15.2. The van der Waals surface area contributed by atoms with Gasteiger partial charge in [0.1, 0.15) is 11.3 Å². The lowest BCUT2D eigenvalue weighted by molar-refractivity contribution is -0.136. The van der Waals surface area contributed by atoms with Crippen molar-refractivity contribution in [3.8, 4) is 0 Å². The average Bonchev–Trinajstić information content (AvgIpc) is 3.31. The van der Waals surface area contributed by atoms with Crippen LogP contribution in [-0.4, -0.2) is 76.6 Å². The van der Waals surface area contributed by atoms with Gasteiger partial charge in [-0.15, -0.1) is 0 Å². The second kappa shape index (κ2) is 9.00. The van der Waals surface area contributed by atoms with Gasteiger partial charge in [-0.2, -0.15) is 0 Å². The van der Waals surface area contributed by atoms with Crippen molar-refractivity contribution in [3.05, 3.63) is 24.1 Å². The Morgan fingerprint density at radius 3 is 2.61 bits per heavy atom. The number of hydrazine groups is 1.